The molecule has 1 heterocycles. The molecule has 0 saturated carbocycles. The number of hydrogen-bond acceptors (Lipinski definition) is 6. The number of ether oxygens (including phenoxy) is 2. The lowest BCUT2D eigenvalue weighted by Gasteiger charge is -2.46. The predicted octanol–water partition coefficient (Wildman–Crippen LogP) is 4.42. The maximum absolute atomic E-state index is 13.5. The second-order valence-corrected chi connectivity index (χ2v) is 9.28. The molecule has 0 spiro atoms. The van der Waals surface area contributed by atoms with E-state index in [1.54, 1.807) is 62.4 Å². The Morgan fingerprint density at radius 2 is 1.48 bits per heavy atom. The standard InChI is InChI=1S/C24H22Br2N2O5/c1-3-32-22(30)18-19(14-5-9-16(25)10-6-14)24(13-27,23(31)33-4-2)20(28-21(18)29)15-7-11-17(26)12-8-15/h5-12,18-20H,3-4H2,1-2H3,(H,28,29). The number of hydrogen-bond donors (Lipinski definition) is 1. The van der Waals surface area contributed by atoms with Gasteiger partial charge >= 0.3 is 11.9 Å². The minimum absolute atomic E-state index is 0.0282. The number of benzene rings is 2. The van der Waals surface area contributed by atoms with Crippen LogP contribution in [0.2, 0.25) is 0 Å². The molecule has 33 heavy (non-hydrogen) atoms. The van der Waals surface area contributed by atoms with Crippen LogP contribution in [0.4, 0.5) is 0 Å². The van der Waals surface area contributed by atoms with Gasteiger partial charge in [-0.2, -0.15) is 5.26 Å². The van der Waals surface area contributed by atoms with Crippen molar-refractivity contribution in [2.45, 2.75) is 25.8 Å². The number of carbonyl (C=O) groups is 3. The molecule has 0 aromatic heterocycles. The van der Waals surface area contributed by atoms with Crippen molar-refractivity contribution in [1.29, 1.82) is 5.26 Å². The van der Waals surface area contributed by atoms with Crippen molar-refractivity contribution in [1.82, 2.24) is 5.32 Å². The van der Waals surface area contributed by atoms with E-state index < -0.39 is 41.1 Å². The lowest BCUT2D eigenvalue weighted by Crippen LogP contribution is -2.60. The summed E-state index contributed by atoms with van der Waals surface area (Å²) in [5, 5.41) is 13.3. The van der Waals surface area contributed by atoms with Gasteiger partial charge in [0.05, 0.1) is 25.3 Å². The van der Waals surface area contributed by atoms with Crippen LogP contribution in [0.3, 0.4) is 0 Å². The van der Waals surface area contributed by atoms with Gasteiger partial charge in [-0.3, -0.25) is 14.4 Å². The van der Waals surface area contributed by atoms with Crippen LogP contribution in [0.15, 0.2) is 57.5 Å². The molecule has 1 saturated heterocycles. The molecule has 0 aliphatic carbocycles. The van der Waals surface area contributed by atoms with Crippen LogP contribution in [0.1, 0.15) is 36.9 Å². The largest absolute Gasteiger partial charge is 0.465 e. The third-order valence-corrected chi connectivity index (χ3v) is 6.68. The number of nitrogens with zero attached hydrogens (tertiary/aromatic N) is 1. The molecule has 1 N–H and O–H groups in total. The molecule has 1 fully saturated rings. The number of carbonyl (C=O) groups excluding carboxylic acids is 3. The van der Waals surface area contributed by atoms with Crippen molar-refractivity contribution >= 4 is 49.7 Å². The Morgan fingerprint density at radius 1 is 0.970 bits per heavy atom. The first-order valence-electron chi connectivity index (χ1n) is 10.4. The van der Waals surface area contributed by atoms with E-state index in [1.807, 2.05) is 0 Å². The average Bonchev–Trinajstić information content (AvgIpc) is 2.80. The molecule has 4 atom stereocenters. The second-order valence-electron chi connectivity index (χ2n) is 7.45. The Balaban J connectivity index is 2.32. The molecule has 3 rings (SSSR count). The van der Waals surface area contributed by atoms with Gasteiger partial charge in [0, 0.05) is 14.9 Å². The lowest BCUT2D eigenvalue weighted by molar-refractivity contribution is -0.166. The van der Waals surface area contributed by atoms with Gasteiger partial charge in [0.2, 0.25) is 5.91 Å². The van der Waals surface area contributed by atoms with Gasteiger partial charge in [0.25, 0.3) is 0 Å². The van der Waals surface area contributed by atoms with Gasteiger partial charge in [-0.1, -0.05) is 56.1 Å². The van der Waals surface area contributed by atoms with Crippen LogP contribution in [-0.2, 0) is 23.9 Å². The topological polar surface area (TPSA) is 105 Å². The Labute approximate surface area is 208 Å². The van der Waals surface area contributed by atoms with E-state index in [9.17, 15) is 19.6 Å². The number of nitrogens with one attached hydrogen (secondary N) is 1. The van der Waals surface area contributed by atoms with Crippen molar-refractivity contribution in [2.75, 3.05) is 13.2 Å². The molecule has 1 amide bonds. The summed E-state index contributed by atoms with van der Waals surface area (Å²) in [7, 11) is 0. The first-order chi connectivity index (χ1) is 15.8. The SMILES string of the molecule is CCOC(=O)C1C(=O)NC(c2ccc(Br)cc2)C(C#N)(C(=O)OCC)C1c1ccc(Br)cc1. The molecule has 1 aliphatic rings. The highest BCUT2D eigenvalue weighted by Gasteiger charge is 2.64. The second kappa shape index (κ2) is 10.5. The van der Waals surface area contributed by atoms with E-state index in [1.165, 1.54) is 0 Å². The zero-order valence-electron chi connectivity index (χ0n) is 18.0. The fraction of sp³-hybridized carbons (Fsp3) is 0.333. The Hall–Kier alpha value is -2.70. The Bertz CT molecular complexity index is 1080. The van der Waals surface area contributed by atoms with Crippen LogP contribution in [0, 0.1) is 22.7 Å². The van der Waals surface area contributed by atoms with Crippen LogP contribution in [-0.4, -0.2) is 31.1 Å². The highest BCUT2D eigenvalue weighted by molar-refractivity contribution is 9.10. The van der Waals surface area contributed by atoms with Gasteiger partial charge in [-0.05, 0) is 49.2 Å². The number of piperidine rings is 1. The van der Waals surface area contributed by atoms with Crippen molar-refractivity contribution in [3.63, 3.8) is 0 Å². The van der Waals surface area contributed by atoms with Gasteiger partial charge in [0.15, 0.2) is 5.41 Å². The highest BCUT2D eigenvalue weighted by Crippen LogP contribution is 2.53. The molecule has 0 radical (unpaired) electrons. The van der Waals surface area contributed by atoms with Crippen molar-refractivity contribution in [3.8, 4) is 6.07 Å². The first kappa shape index (κ1) is 24.9. The lowest BCUT2D eigenvalue weighted by atomic mass is 9.59. The maximum atomic E-state index is 13.5. The van der Waals surface area contributed by atoms with Gasteiger partial charge < -0.3 is 14.8 Å². The summed E-state index contributed by atoms with van der Waals surface area (Å²) in [5.74, 6) is -4.80. The predicted molar refractivity (Wildman–Crippen MR) is 127 cm³/mol. The molecular weight excluding hydrogens is 556 g/mol. The normalized spacial score (nSPS) is 24.3. The number of amides is 1. The molecule has 9 heteroatoms. The van der Waals surface area contributed by atoms with E-state index in [2.05, 4.69) is 43.2 Å². The molecule has 1 aliphatic heterocycles. The minimum atomic E-state index is -1.93. The monoisotopic (exact) mass is 576 g/mol. The van der Waals surface area contributed by atoms with E-state index >= 15 is 0 Å². The fourth-order valence-electron chi connectivity index (χ4n) is 4.22. The number of halogens is 2. The molecule has 2 aromatic rings. The third-order valence-electron chi connectivity index (χ3n) is 5.62. The van der Waals surface area contributed by atoms with Gasteiger partial charge in [-0.25, -0.2) is 0 Å². The maximum Gasteiger partial charge on any atom is 0.329 e. The summed E-state index contributed by atoms with van der Waals surface area (Å²) >= 11 is 6.75. The average molecular weight is 578 g/mol. The van der Waals surface area contributed by atoms with Crippen LogP contribution < -0.4 is 5.32 Å². The van der Waals surface area contributed by atoms with E-state index in [-0.39, 0.29) is 13.2 Å². The van der Waals surface area contributed by atoms with Crippen molar-refractivity contribution < 1.29 is 23.9 Å². The van der Waals surface area contributed by atoms with Crippen LogP contribution >= 0.6 is 31.9 Å². The Kier molecular flexibility index (Phi) is 7.92. The smallest absolute Gasteiger partial charge is 0.329 e. The third kappa shape index (κ3) is 4.68. The highest BCUT2D eigenvalue weighted by atomic mass is 79.9. The molecule has 172 valence electrons. The molecule has 4 unspecified atom stereocenters. The summed E-state index contributed by atoms with van der Waals surface area (Å²) in [6.45, 7) is 3.34. The minimum Gasteiger partial charge on any atom is -0.465 e. The van der Waals surface area contributed by atoms with Crippen molar-refractivity contribution in [2.24, 2.45) is 11.3 Å². The molecule has 2 aromatic carbocycles. The summed E-state index contributed by atoms with van der Waals surface area (Å²) in [5.41, 5.74) is -0.920. The van der Waals surface area contributed by atoms with E-state index in [4.69, 9.17) is 9.47 Å². The van der Waals surface area contributed by atoms with E-state index in [0.717, 1.165) is 8.95 Å². The van der Waals surface area contributed by atoms with Gasteiger partial charge in [0.1, 0.15) is 5.92 Å². The first-order valence-corrected chi connectivity index (χ1v) is 11.9. The van der Waals surface area contributed by atoms with Crippen LogP contribution in [0.25, 0.3) is 0 Å². The van der Waals surface area contributed by atoms with Crippen LogP contribution in [0.5, 0.6) is 0 Å². The molecule has 0 bridgehead atoms. The zero-order chi connectivity index (χ0) is 24.2. The fourth-order valence-corrected chi connectivity index (χ4v) is 4.75. The van der Waals surface area contributed by atoms with E-state index in [0.29, 0.717) is 11.1 Å². The van der Waals surface area contributed by atoms with Gasteiger partial charge in [-0.15, -0.1) is 0 Å². The summed E-state index contributed by atoms with van der Waals surface area (Å²) in [6.07, 6.45) is 0. The molecular formula is C24H22Br2N2O5. The number of esters is 2. The van der Waals surface area contributed by atoms with Crippen molar-refractivity contribution in [3.05, 3.63) is 68.6 Å². The number of nitriles is 1. The Morgan fingerprint density at radius 3 is 1.97 bits per heavy atom. The quantitative estimate of drug-likeness (QED) is 0.402. The summed E-state index contributed by atoms with van der Waals surface area (Å²) in [4.78, 5) is 39.8. The molecule has 7 nitrogen and oxygen atoms in total. The zero-order valence-corrected chi connectivity index (χ0v) is 21.2. The number of rotatable bonds is 6. The summed E-state index contributed by atoms with van der Waals surface area (Å²) < 4.78 is 12.1. The summed E-state index contributed by atoms with van der Waals surface area (Å²) in [6, 6.07) is 14.9.